The van der Waals surface area contributed by atoms with Crippen LogP contribution in [0, 0.1) is 0 Å². The van der Waals surface area contributed by atoms with Crippen LogP contribution in [0.15, 0.2) is 43.0 Å². The number of hydrogen-bond donors (Lipinski definition) is 2. The molecule has 1 aliphatic rings. The van der Waals surface area contributed by atoms with E-state index < -0.39 is 24.2 Å². The fraction of sp³-hybridized carbons (Fsp3) is 0.308. The summed E-state index contributed by atoms with van der Waals surface area (Å²) in [6, 6.07) is 8.91. The Labute approximate surface area is 99.8 Å². The summed E-state index contributed by atoms with van der Waals surface area (Å²) in [5, 5.41) is 19.2. The van der Waals surface area contributed by atoms with Crippen molar-refractivity contribution < 1.29 is 15.0 Å². The van der Waals surface area contributed by atoms with Gasteiger partial charge in [-0.1, -0.05) is 36.4 Å². The minimum atomic E-state index is -1.35. The monoisotopic (exact) mass is 233 g/mol. The molecule has 0 aromatic heterocycles. The number of aliphatic hydroxyl groups is 2. The number of carbonyl (C=O) groups is 1. The van der Waals surface area contributed by atoms with Gasteiger partial charge in [0.05, 0.1) is 6.04 Å². The molecule has 90 valence electrons. The Morgan fingerprint density at radius 1 is 1.29 bits per heavy atom. The van der Waals surface area contributed by atoms with E-state index in [1.807, 2.05) is 30.3 Å². The molecule has 1 aromatic rings. The van der Waals surface area contributed by atoms with Crippen LogP contribution in [0.5, 0.6) is 0 Å². The van der Waals surface area contributed by atoms with E-state index in [1.165, 1.54) is 11.0 Å². The molecule has 2 rings (SSSR count). The molecular weight excluding hydrogens is 218 g/mol. The molecule has 4 nitrogen and oxygen atoms in total. The maximum Gasteiger partial charge on any atom is 0.255 e. The van der Waals surface area contributed by atoms with Crippen LogP contribution in [0.3, 0.4) is 0 Å². The predicted octanol–water partition coefficient (Wildman–Crippen LogP) is 0.305. The van der Waals surface area contributed by atoms with Crippen LogP contribution in [-0.4, -0.2) is 39.3 Å². The highest BCUT2D eigenvalue weighted by Crippen LogP contribution is 2.23. The maximum absolute atomic E-state index is 11.8. The van der Waals surface area contributed by atoms with E-state index in [0.717, 1.165) is 5.56 Å². The first-order valence-electron chi connectivity index (χ1n) is 5.48. The molecule has 0 aliphatic carbocycles. The van der Waals surface area contributed by atoms with Crippen molar-refractivity contribution in [2.75, 3.05) is 0 Å². The molecule has 0 radical (unpaired) electrons. The second-order valence-corrected chi connectivity index (χ2v) is 4.11. The fourth-order valence-corrected chi connectivity index (χ4v) is 2.06. The van der Waals surface area contributed by atoms with E-state index in [9.17, 15) is 15.0 Å². The SMILES string of the molecule is C=C[C@@H]1[C@H](O)[C@@H](O)C(=O)N1Cc1ccccc1. The summed E-state index contributed by atoms with van der Waals surface area (Å²) in [6.45, 7) is 3.95. The normalized spacial score (nSPS) is 28.5. The van der Waals surface area contributed by atoms with Crippen molar-refractivity contribution in [3.8, 4) is 0 Å². The first-order chi connectivity index (χ1) is 8.15. The number of benzene rings is 1. The van der Waals surface area contributed by atoms with E-state index >= 15 is 0 Å². The number of aliphatic hydroxyl groups excluding tert-OH is 2. The summed E-state index contributed by atoms with van der Waals surface area (Å²) in [5.74, 6) is -0.453. The zero-order valence-electron chi connectivity index (χ0n) is 9.36. The molecule has 0 spiro atoms. The largest absolute Gasteiger partial charge is 0.387 e. The standard InChI is InChI=1S/C13H15NO3/c1-2-10-11(15)12(16)13(17)14(10)8-9-6-4-3-5-7-9/h2-7,10-12,15-16H,1,8H2/t10-,11+,12-/m1/s1. The lowest BCUT2D eigenvalue weighted by Gasteiger charge is -2.22. The van der Waals surface area contributed by atoms with Gasteiger partial charge >= 0.3 is 0 Å². The van der Waals surface area contributed by atoms with Gasteiger partial charge in [-0.2, -0.15) is 0 Å². The Balaban J connectivity index is 2.20. The number of nitrogens with zero attached hydrogens (tertiary/aromatic N) is 1. The Bertz CT molecular complexity index is 418. The van der Waals surface area contributed by atoms with Crippen LogP contribution in [0.25, 0.3) is 0 Å². The average Bonchev–Trinajstić information content (AvgIpc) is 2.55. The van der Waals surface area contributed by atoms with Gasteiger partial charge < -0.3 is 15.1 Å². The summed E-state index contributed by atoms with van der Waals surface area (Å²) in [7, 11) is 0. The number of likely N-dealkylation sites (tertiary alicyclic amines) is 1. The molecule has 2 N–H and O–H groups in total. The van der Waals surface area contributed by atoms with Gasteiger partial charge in [0, 0.05) is 6.54 Å². The summed E-state index contributed by atoms with van der Waals surface area (Å²) in [5.41, 5.74) is 0.953. The minimum Gasteiger partial charge on any atom is -0.387 e. The number of rotatable bonds is 3. The average molecular weight is 233 g/mol. The van der Waals surface area contributed by atoms with Crippen LogP contribution in [0.1, 0.15) is 5.56 Å². The molecule has 1 aliphatic heterocycles. The molecule has 0 saturated carbocycles. The van der Waals surface area contributed by atoms with Crippen molar-refractivity contribution in [3.63, 3.8) is 0 Å². The van der Waals surface area contributed by atoms with Crippen LogP contribution >= 0.6 is 0 Å². The topological polar surface area (TPSA) is 60.8 Å². The first-order valence-corrected chi connectivity index (χ1v) is 5.48. The van der Waals surface area contributed by atoms with Gasteiger partial charge in [0.15, 0.2) is 6.10 Å². The predicted molar refractivity (Wildman–Crippen MR) is 63.0 cm³/mol. The summed E-state index contributed by atoms with van der Waals surface area (Å²) >= 11 is 0. The van der Waals surface area contributed by atoms with Crippen molar-refractivity contribution in [2.24, 2.45) is 0 Å². The molecule has 17 heavy (non-hydrogen) atoms. The van der Waals surface area contributed by atoms with Crippen molar-refractivity contribution in [3.05, 3.63) is 48.6 Å². The van der Waals surface area contributed by atoms with Crippen LogP contribution in [-0.2, 0) is 11.3 Å². The van der Waals surface area contributed by atoms with Crippen LogP contribution < -0.4 is 0 Å². The van der Waals surface area contributed by atoms with Crippen molar-refractivity contribution in [2.45, 2.75) is 24.8 Å². The van der Waals surface area contributed by atoms with Gasteiger partial charge in [-0.05, 0) is 5.56 Å². The third-order valence-electron chi connectivity index (χ3n) is 3.01. The van der Waals surface area contributed by atoms with Crippen molar-refractivity contribution in [1.82, 2.24) is 4.90 Å². The highest BCUT2D eigenvalue weighted by atomic mass is 16.3. The molecule has 1 aromatic carbocycles. The van der Waals surface area contributed by atoms with Gasteiger partial charge in [-0.15, -0.1) is 6.58 Å². The minimum absolute atomic E-state index is 0.366. The molecule has 1 heterocycles. The van der Waals surface area contributed by atoms with Gasteiger partial charge in [0.25, 0.3) is 5.91 Å². The third kappa shape index (κ3) is 2.09. The van der Waals surface area contributed by atoms with Gasteiger partial charge in [0.2, 0.25) is 0 Å². The van der Waals surface area contributed by atoms with E-state index in [4.69, 9.17) is 0 Å². The molecule has 0 bridgehead atoms. The number of carbonyl (C=O) groups excluding carboxylic acids is 1. The lowest BCUT2D eigenvalue weighted by molar-refractivity contribution is -0.136. The molecule has 1 fully saturated rings. The van der Waals surface area contributed by atoms with Gasteiger partial charge in [0.1, 0.15) is 6.10 Å². The van der Waals surface area contributed by atoms with Crippen LogP contribution in [0.2, 0.25) is 0 Å². The molecular formula is C13H15NO3. The summed E-state index contributed by atoms with van der Waals surface area (Å²) < 4.78 is 0. The van der Waals surface area contributed by atoms with E-state index in [2.05, 4.69) is 6.58 Å². The number of amides is 1. The quantitative estimate of drug-likeness (QED) is 0.738. The van der Waals surface area contributed by atoms with Gasteiger partial charge in [-0.3, -0.25) is 4.79 Å². The van der Waals surface area contributed by atoms with Crippen molar-refractivity contribution in [1.29, 1.82) is 0 Å². The first kappa shape index (κ1) is 11.8. The highest BCUT2D eigenvalue weighted by Gasteiger charge is 2.44. The summed E-state index contributed by atoms with van der Waals surface area (Å²) in [4.78, 5) is 13.2. The molecule has 4 heteroatoms. The Morgan fingerprint density at radius 3 is 2.53 bits per heavy atom. The van der Waals surface area contributed by atoms with E-state index in [-0.39, 0.29) is 0 Å². The lowest BCUT2D eigenvalue weighted by atomic mass is 10.1. The fourth-order valence-electron chi connectivity index (χ4n) is 2.06. The maximum atomic E-state index is 11.8. The zero-order valence-corrected chi connectivity index (χ0v) is 9.36. The van der Waals surface area contributed by atoms with Gasteiger partial charge in [-0.25, -0.2) is 0 Å². The Hall–Kier alpha value is -1.65. The smallest absolute Gasteiger partial charge is 0.255 e. The van der Waals surface area contributed by atoms with E-state index in [1.54, 1.807) is 0 Å². The highest BCUT2D eigenvalue weighted by molar-refractivity contribution is 5.84. The Kier molecular flexibility index (Phi) is 3.26. The van der Waals surface area contributed by atoms with E-state index in [0.29, 0.717) is 6.54 Å². The molecule has 1 amide bonds. The second-order valence-electron chi connectivity index (χ2n) is 4.11. The number of hydrogen-bond acceptors (Lipinski definition) is 3. The van der Waals surface area contributed by atoms with Crippen LogP contribution in [0.4, 0.5) is 0 Å². The van der Waals surface area contributed by atoms with Crippen molar-refractivity contribution >= 4 is 5.91 Å². The molecule has 0 unspecified atom stereocenters. The summed E-state index contributed by atoms with van der Waals surface area (Å²) in [6.07, 6.45) is -0.952. The third-order valence-corrected chi connectivity index (χ3v) is 3.01. The Morgan fingerprint density at radius 2 is 1.94 bits per heavy atom. The zero-order chi connectivity index (χ0) is 12.4. The second kappa shape index (κ2) is 4.69. The molecule has 1 saturated heterocycles. The lowest BCUT2D eigenvalue weighted by Crippen LogP contribution is -2.34. The molecule has 3 atom stereocenters.